The number of hydrogen-bond donors (Lipinski definition) is 0. The average Bonchev–Trinajstić information content (AvgIpc) is 2.68. The van der Waals surface area contributed by atoms with Gasteiger partial charge in [0.25, 0.3) is 0 Å². The van der Waals surface area contributed by atoms with Crippen molar-refractivity contribution in [2.45, 2.75) is 25.7 Å². The second kappa shape index (κ2) is 6.90. The van der Waals surface area contributed by atoms with E-state index in [2.05, 4.69) is 6.92 Å². The lowest BCUT2D eigenvalue weighted by molar-refractivity contribution is 0.0895. The molecule has 0 fully saturated rings. The first-order valence-electron chi connectivity index (χ1n) is 8.98. The molecule has 0 saturated carbocycles. The van der Waals surface area contributed by atoms with Gasteiger partial charge in [0.2, 0.25) is 0 Å². The zero-order chi connectivity index (χ0) is 18.1. The molecule has 26 heavy (non-hydrogen) atoms. The Bertz CT molecular complexity index is 843. The summed E-state index contributed by atoms with van der Waals surface area (Å²) in [4.78, 5) is 13.1. The number of ether oxygens (including phenoxy) is 4. The van der Waals surface area contributed by atoms with Crippen LogP contribution in [-0.2, 0) is 6.42 Å². The molecule has 0 aliphatic carbocycles. The van der Waals surface area contributed by atoms with Crippen LogP contribution in [0.4, 0.5) is 0 Å². The van der Waals surface area contributed by atoms with E-state index in [0.29, 0.717) is 36.9 Å². The molecule has 136 valence electrons. The van der Waals surface area contributed by atoms with Gasteiger partial charge in [-0.2, -0.15) is 0 Å². The predicted octanol–water partition coefficient (Wildman–Crippen LogP) is 3.78. The maximum absolute atomic E-state index is 13.1. The molecule has 0 spiro atoms. The van der Waals surface area contributed by atoms with E-state index in [1.807, 2.05) is 30.3 Å². The summed E-state index contributed by atoms with van der Waals surface area (Å²) < 4.78 is 22.6. The largest absolute Gasteiger partial charge is 0.496 e. The van der Waals surface area contributed by atoms with Gasteiger partial charge in [-0.3, -0.25) is 4.79 Å². The molecule has 2 heterocycles. The molecule has 5 heteroatoms. The SMILES string of the molecule is CCCc1cc2c(cc1OC)OCC(c1ccc3c(c1)OCCO3)C2=O. The Morgan fingerprint density at radius 1 is 1.04 bits per heavy atom. The number of rotatable bonds is 4. The van der Waals surface area contributed by atoms with Crippen LogP contribution in [0.5, 0.6) is 23.0 Å². The third-order valence-electron chi connectivity index (χ3n) is 4.86. The third kappa shape index (κ3) is 2.87. The molecule has 2 aromatic carbocycles. The second-order valence-corrected chi connectivity index (χ2v) is 6.54. The lowest BCUT2D eigenvalue weighted by Crippen LogP contribution is -2.26. The quantitative estimate of drug-likeness (QED) is 0.836. The Kier molecular flexibility index (Phi) is 4.45. The molecule has 2 aromatic rings. The van der Waals surface area contributed by atoms with Gasteiger partial charge in [0.05, 0.1) is 18.6 Å². The maximum Gasteiger partial charge on any atom is 0.177 e. The highest BCUT2D eigenvalue weighted by Gasteiger charge is 2.32. The van der Waals surface area contributed by atoms with E-state index in [9.17, 15) is 4.79 Å². The van der Waals surface area contributed by atoms with Crippen molar-refractivity contribution >= 4 is 5.78 Å². The van der Waals surface area contributed by atoms with Gasteiger partial charge in [0.1, 0.15) is 31.3 Å². The van der Waals surface area contributed by atoms with Crippen LogP contribution in [0.3, 0.4) is 0 Å². The molecule has 0 radical (unpaired) electrons. The van der Waals surface area contributed by atoms with Crippen molar-refractivity contribution in [1.82, 2.24) is 0 Å². The van der Waals surface area contributed by atoms with E-state index in [4.69, 9.17) is 18.9 Å². The normalized spacial score (nSPS) is 18.1. The molecule has 4 rings (SSSR count). The van der Waals surface area contributed by atoms with Crippen LogP contribution in [0.2, 0.25) is 0 Å². The minimum Gasteiger partial charge on any atom is -0.496 e. The van der Waals surface area contributed by atoms with E-state index < -0.39 is 0 Å². The van der Waals surface area contributed by atoms with E-state index in [1.165, 1.54) is 0 Å². The van der Waals surface area contributed by atoms with Gasteiger partial charge in [0, 0.05) is 6.07 Å². The van der Waals surface area contributed by atoms with Gasteiger partial charge in [-0.25, -0.2) is 0 Å². The Morgan fingerprint density at radius 3 is 2.62 bits per heavy atom. The first-order valence-corrected chi connectivity index (χ1v) is 8.98. The summed E-state index contributed by atoms with van der Waals surface area (Å²) in [6, 6.07) is 9.42. The second-order valence-electron chi connectivity index (χ2n) is 6.54. The molecule has 0 N–H and O–H groups in total. The summed E-state index contributed by atoms with van der Waals surface area (Å²) in [5, 5.41) is 0. The fraction of sp³-hybridized carbons (Fsp3) is 0.381. The number of ketones is 1. The van der Waals surface area contributed by atoms with Crippen LogP contribution in [-0.4, -0.2) is 32.7 Å². The highest BCUT2D eigenvalue weighted by molar-refractivity contribution is 6.04. The standard InChI is InChI=1S/C21H22O5/c1-3-4-14-9-15-19(11-18(14)23-2)26-12-16(21(15)22)13-5-6-17-20(10-13)25-8-7-24-17/h5-6,9-11,16H,3-4,7-8,12H2,1-2H3. The summed E-state index contributed by atoms with van der Waals surface area (Å²) >= 11 is 0. The van der Waals surface area contributed by atoms with Crippen LogP contribution < -0.4 is 18.9 Å². The van der Waals surface area contributed by atoms with E-state index in [0.717, 1.165) is 35.5 Å². The molecular weight excluding hydrogens is 332 g/mol. The van der Waals surface area contributed by atoms with Crippen molar-refractivity contribution in [3.63, 3.8) is 0 Å². The molecule has 0 bridgehead atoms. The molecule has 1 unspecified atom stereocenters. The number of hydrogen-bond acceptors (Lipinski definition) is 5. The number of carbonyl (C=O) groups excluding carboxylic acids is 1. The number of benzene rings is 2. The molecule has 0 aromatic heterocycles. The summed E-state index contributed by atoms with van der Waals surface area (Å²) in [5.41, 5.74) is 2.55. The van der Waals surface area contributed by atoms with Gasteiger partial charge >= 0.3 is 0 Å². The monoisotopic (exact) mass is 354 g/mol. The average molecular weight is 354 g/mol. The van der Waals surface area contributed by atoms with Crippen LogP contribution in [0.15, 0.2) is 30.3 Å². The Labute approximate surface area is 152 Å². The highest BCUT2D eigenvalue weighted by Crippen LogP contribution is 2.39. The smallest absolute Gasteiger partial charge is 0.177 e. The van der Waals surface area contributed by atoms with Crippen molar-refractivity contribution in [2.75, 3.05) is 26.9 Å². The van der Waals surface area contributed by atoms with Crippen LogP contribution in [0, 0.1) is 0 Å². The first kappa shape index (κ1) is 16.8. The van der Waals surface area contributed by atoms with Gasteiger partial charge in [-0.15, -0.1) is 0 Å². The molecule has 2 aliphatic heterocycles. The highest BCUT2D eigenvalue weighted by atomic mass is 16.6. The topological polar surface area (TPSA) is 54.0 Å². The van der Waals surface area contributed by atoms with E-state index >= 15 is 0 Å². The van der Waals surface area contributed by atoms with Crippen molar-refractivity contribution < 1.29 is 23.7 Å². The van der Waals surface area contributed by atoms with Gasteiger partial charge in [-0.05, 0) is 35.7 Å². The molecule has 1 atom stereocenters. The number of aryl methyl sites for hydroxylation is 1. The lowest BCUT2D eigenvalue weighted by Gasteiger charge is -2.27. The van der Waals surface area contributed by atoms with E-state index in [-0.39, 0.29) is 11.7 Å². The minimum absolute atomic E-state index is 0.0722. The molecule has 5 nitrogen and oxygen atoms in total. The van der Waals surface area contributed by atoms with Crippen molar-refractivity contribution in [1.29, 1.82) is 0 Å². The van der Waals surface area contributed by atoms with Gasteiger partial charge in [0.15, 0.2) is 17.3 Å². The predicted molar refractivity (Wildman–Crippen MR) is 97.0 cm³/mol. The summed E-state index contributed by atoms with van der Waals surface area (Å²) in [7, 11) is 1.64. The fourth-order valence-corrected chi connectivity index (χ4v) is 3.53. The van der Waals surface area contributed by atoms with Crippen LogP contribution in [0.1, 0.15) is 40.7 Å². The van der Waals surface area contributed by atoms with Crippen molar-refractivity contribution in [2.24, 2.45) is 0 Å². The van der Waals surface area contributed by atoms with Crippen LogP contribution in [0.25, 0.3) is 0 Å². The van der Waals surface area contributed by atoms with Gasteiger partial charge < -0.3 is 18.9 Å². The first-order chi connectivity index (χ1) is 12.7. The number of methoxy groups -OCH3 is 1. The maximum atomic E-state index is 13.1. The summed E-state index contributed by atoms with van der Waals surface area (Å²) in [5.74, 6) is 2.51. The zero-order valence-electron chi connectivity index (χ0n) is 15.0. The third-order valence-corrected chi connectivity index (χ3v) is 4.86. The summed E-state index contributed by atoms with van der Waals surface area (Å²) in [6.45, 7) is 3.48. The molecular formula is C21H22O5. The van der Waals surface area contributed by atoms with Crippen LogP contribution >= 0.6 is 0 Å². The molecule has 2 aliphatic rings. The Balaban J connectivity index is 1.68. The summed E-state index contributed by atoms with van der Waals surface area (Å²) in [6.07, 6.45) is 1.84. The Morgan fingerprint density at radius 2 is 1.85 bits per heavy atom. The fourth-order valence-electron chi connectivity index (χ4n) is 3.53. The van der Waals surface area contributed by atoms with E-state index in [1.54, 1.807) is 7.11 Å². The molecule has 0 amide bonds. The van der Waals surface area contributed by atoms with Crippen molar-refractivity contribution in [3.05, 3.63) is 47.0 Å². The van der Waals surface area contributed by atoms with Crippen molar-refractivity contribution in [3.8, 4) is 23.0 Å². The Hall–Kier alpha value is -2.69. The molecule has 0 saturated heterocycles. The number of fused-ring (bicyclic) bond motifs is 2. The zero-order valence-corrected chi connectivity index (χ0v) is 15.0. The lowest BCUT2D eigenvalue weighted by atomic mass is 9.87. The minimum atomic E-state index is -0.346. The number of Topliss-reactive ketones (excluding diaryl/α,β-unsaturated/α-hetero) is 1. The van der Waals surface area contributed by atoms with Gasteiger partial charge in [-0.1, -0.05) is 19.4 Å². The number of carbonyl (C=O) groups is 1.